The molecular formula is C10H17BrO. The maximum Gasteiger partial charge on any atom is 0.0728 e. The Morgan fingerprint density at radius 3 is 2.42 bits per heavy atom. The van der Waals surface area contributed by atoms with Crippen LogP contribution in [0.2, 0.25) is 0 Å². The van der Waals surface area contributed by atoms with Crippen LogP contribution in [0.3, 0.4) is 0 Å². The van der Waals surface area contributed by atoms with Gasteiger partial charge in [0.05, 0.1) is 6.10 Å². The molecule has 0 aromatic carbocycles. The van der Waals surface area contributed by atoms with E-state index in [1.165, 1.54) is 38.5 Å². The van der Waals surface area contributed by atoms with Crippen molar-refractivity contribution in [2.24, 2.45) is 5.92 Å². The molecule has 0 aromatic rings. The van der Waals surface area contributed by atoms with Crippen molar-refractivity contribution in [3.63, 3.8) is 0 Å². The zero-order valence-electron chi connectivity index (χ0n) is 7.47. The molecule has 0 aromatic heterocycles. The van der Waals surface area contributed by atoms with E-state index < -0.39 is 0 Å². The highest BCUT2D eigenvalue weighted by Crippen LogP contribution is 2.35. The molecular weight excluding hydrogens is 216 g/mol. The second-order valence-electron chi connectivity index (χ2n) is 4.04. The van der Waals surface area contributed by atoms with Gasteiger partial charge in [-0.15, -0.1) is 0 Å². The van der Waals surface area contributed by atoms with E-state index in [0.717, 1.165) is 12.5 Å². The normalized spacial score (nSPS) is 38.8. The van der Waals surface area contributed by atoms with Crippen molar-refractivity contribution in [3.8, 4) is 0 Å². The quantitative estimate of drug-likeness (QED) is 0.632. The highest BCUT2D eigenvalue weighted by Gasteiger charge is 2.32. The summed E-state index contributed by atoms with van der Waals surface area (Å²) in [6.07, 6.45) is 8.70. The summed E-state index contributed by atoms with van der Waals surface area (Å²) >= 11 is 3.74. The van der Waals surface area contributed by atoms with E-state index in [9.17, 15) is 0 Å². The van der Waals surface area contributed by atoms with E-state index in [-0.39, 0.29) is 0 Å². The monoisotopic (exact) mass is 232 g/mol. The minimum atomic E-state index is 0.529. The molecule has 1 saturated carbocycles. The van der Waals surface area contributed by atoms with Gasteiger partial charge >= 0.3 is 0 Å². The summed E-state index contributed by atoms with van der Waals surface area (Å²) in [5.41, 5.74) is 0. The van der Waals surface area contributed by atoms with Crippen molar-refractivity contribution in [2.75, 3.05) is 6.61 Å². The van der Waals surface area contributed by atoms with Gasteiger partial charge in [0.25, 0.3) is 0 Å². The van der Waals surface area contributed by atoms with Crippen LogP contribution in [-0.2, 0) is 4.74 Å². The number of hydrogen-bond donors (Lipinski definition) is 0. The molecule has 2 fully saturated rings. The Hall–Kier alpha value is 0.440. The molecule has 1 aliphatic heterocycles. The fourth-order valence-corrected chi connectivity index (χ4v) is 3.39. The predicted octanol–water partition coefficient (Wildman–Crippen LogP) is 3.12. The van der Waals surface area contributed by atoms with Crippen molar-refractivity contribution >= 4 is 15.9 Å². The lowest BCUT2D eigenvalue weighted by molar-refractivity contribution is -0.0126. The third-order valence-electron chi connectivity index (χ3n) is 3.16. The molecule has 1 aliphatic carbocycles. The van der Waals surface area contributed by atoms with Crippen molar-refractivity contribution in [2.45, 2.75) is 49.5 Å². The lowest BCUT2D eigenvalue weighted by atomic mass is 9.94. The molecule has 2 rings (SSSR count). The van der Waals surface area contributed by atoms with Gasteiger partial charge in [-0.3, -0.25) is 0 Å². The maximum absolute atomic E-state index is 5.83. The van der Waals surface area contributed by atoms with E-state index >= 15 is 0 Å². The minimum Gasteiger partial charge on any atom is -0.377 e. The SMILES string of the molecule is BrC1CCCOC1C1CCCC1. The first-order valence-electron chi connectivity index (χ1n) is 5.13. The number of hydrogen-bond acceptors (Lipinski definition) is 1. The van der Waals surface area contributed by atoms with Crippen molar-refractivity contribution < 1.29 is 4.74 Å². The lowest BCUT2D eigenvalue weighted by Crippen LogP contribution is -2.35. The third-order valence-corrected chi connectivity index (χ3v) is 4.13. The molecule has 1 heterocycles. The van der Waals surface area contributed by atoms with E-state index in [2.05, 4.69) is 15.9 Å². The highest BCUT2D eigenvalue weighted by molar-refractivity contribution is 9.09. The average Bonchev–Trinajstić information content (AvgIpc) is 2.57. The van der Waals surface area contributed by atoms with Crippen LogP contribution in [0.1, 0.15) is 38.5 Å². The molecule has 0 radical (unpaired) electrons. The first kappa shape index (κ1) is 9.01. The third kappa shape index (κ3) is 1.85. The number of ether oxygens (including phenoxy) is 1. The van der Waals surface area contributed by atoms with Gasteiger partial charge < -0.3 is 4.74 Å². The topological polar surface area (TPSA) is 9.23 Å². The molecule has 12 heavy (non-hydrogen) atoms. The number of halogens is 1. The fraction of sp³-hybridized carbons (Fsp3) is 1.00. The van der Waals surface area contributed by atoms with E-state index in [4.69, 9.17) is 4.74 Å². The Labute approximate surface area is 83.0 Å². The van der Waals surface area contributed by atoms with Crippen molar-refractivity contribution in [3.05, 3.63) is 0 Å². The van der Waals surface area contributed by atoms with E-state index in [0.29, 0.717) is 10.9 Å². The van der Waals surface area contributed by atoms with Crippen LogP contribution in [-0.4, -0.2) is 17.5 Å². The smallest absolute Gasteiger partial charge is 0.0728 e. The van der Waals surface area contributed by atoms with Gasteiger partial charge in [-0.1, -0.05) is 28.8 Å². The lowest BCUT2D eigenvalue weighted by Gasteiger charge is -2.32. The summed E-state index contributed by atoms with van der Waals surface area (Å²) in [5, 5.41) is 0. The summed E-state index contributed by atoms with van der Waals surface area (Å²) in [5.74, 6) is 0.856. The van der Waals surface area contributed by atoms with Crippen LogP contribution >= 0.6 is 15.9 Å². The van der Waals surface area contributed by atoms with Crippen molar-refractivity contribution in [1.82, 2.24) is 0 Å². The van der Waals surface area contributed by atoms with Crippen LogP contribution in [0.5, 0.6) is 0 Å². The van der Waals surface area contributed by atoms with Crippen LogP contribution in [0.25, 0.3) is 0 Å². The zero-order chi connectivity index (χ0) is 8.39. The number of alkyl halides is 1. The minimum absolute atomic E-state index is 0.529. The van der Waals surface area contributed by atoms with Crippen LogP contribution in [0.15, 0.2) is 0 Å². The zero-order valence-corrected chi connectivity index (χ0v) is 9.05. The fourth-order valence-electron chi connectivity index (χ4n) is 2.48. The van der Waals surface area contributed by atoms with Gasteiger partial charge in [0, 0.05) is 11.4 Å². The standard InChI is InChI=1S/C10H17BrO/c11-9-6-3-7-12-10(9)8-4-1-2-5-8/h8-10H,1-7H2. The van der Waals surface area contributed by atoms with Gasteiger partial charge in [0.2, 0.25) is 0 Å². The molecule has 2 unspecified atom stereocenters. The largest absolute Gasteiger partial charge is 0.377 e. The molecule has 0 amide bonds. The average molecular weight is 233 g/mol. The summed E-state index contributed by atoms with van der Waals surface area (Å²) in [4.78, 5) is 0.634. The molecule has 0 bridgehead atoms. The van der Waals surface area contributed by atoms with Crippen molar-refractivity contribution in [1.29, 1.82) is 0 Å². The van der Waals surface area contributed by atoms with Gasteiger partial charge in [-0.2, -0.15) is 0 Å². The Kier molecular flexibility index (Phi) is 3.08. The molecule has 2 heteroatoms. The molecule has 0 spiro atoms. The Morgan fingerprint density at radius 2 is 1.75 bits per heavy atom. The van der Waals surface area contributed by atoms with Crippen LogP contribution in [0, 0.1) is 5.92 Å². The van der Waals surface area contributed by atoms with E-state index in [1.807, 2.05) is 0 Å². The van der Waals surface area contributed by atoms with Gasteiger partial charge in [-0.05, 0) is 31.6 Å². The van der Waals surface area contributed by atoms with Gasteiger partial charge in [-0.25, -0.2) is 0 Å². The second-order valence-corrected chi connectivity index (χ2v) is 5.21. The first-order valence-corrected chi connectivity index (χ1v) is 6.05. The molecule has 0 N–H and O–H groups in total. The molecule has 2 atom stereocenters. The molecule has 70 valence electrons. The Balaban J connectivity index is 1.91. The molecule has 1 saturated heterocycles. The second kappa shape index (κ2) is 4.10. The summed E-state index contributed by atoms with van der Waals surface area (Å²) in [7, 11) is 0. The first-order chi connectivity index (χ1) is 5.88. The van der Waals surface area contributed by atoms with Gasteiger partial charge in [0.1, 0.15) is 0 Å². The van der Waals surface area contributed by atoms with Gasteiger partial charge in [0.15, 0.2) is 0 Å². The Morgan fingerprint density at radius 1 is 1.00 bits per heavy atom. The van der Waals surface area contributed by atoms with E-state index in [1.54, 1.807) is 0 Å². The Bertz CT molecular complexity index is 143. The maximum atomic E-state index is 5.83. The highest BCUT2D eigenvalue weighted by atomic mass is 79.9. The summed E-state index contributed by atoms with van der Waals surface area (Å²) in [6, 6.07) is 0. The predicted molar refractivity (Wildman–Crippen MR) is 53.6 cm³/mol. The van der Waals surface area contributed by atoms with Crippen LogP contribution < -0.4 is 0 Å². The summed E-state index contributed by atoms with van der Waals surface area (Å²) < 4.78 is 5.83. The van der Waals surface area contributed by atoms with Crippen LogP contribution in [0.4, 0.5) is 0 Å². The molecule has 1 nitrogen and oxygen atoms in total. The molecule has 2 aliphatic rings. The summed E-state index contributed by atoms with van der Waals surface area (Å²) in [6.45, 7) is 0.989. The number of rotatable bonds is 1.